The molecule has 2 aromatic heterocycles. The second kappa shape index (κ2) is 8.64. The lowest BCUT2D eigenvalue weighted by atomic mass is 9.96. The van der Waals surface area contributed by atoms with Crippen LogP contribution < -0.4 is 5.32 Å². The van der Waals surface area contributed by atoms with E-state index in [9.17, 15) is 0 Å². The number of nitrogens with zero attached hydrogens (tertiary/aromatic N) is 3. The average molecular weight is 455 g/mol. The van der Waals surface area contributed by atoms with E-state index in [0.717, 1.165) is 17.4 Å². The summed E-state index contributed by atoms with van der Waals surface area (Å²) in [6.07, 6.45) is 1.86. The Labute approximate surface area is 201 Å². The first-order valence-electron chi connectivity index (χ1n) is 11.6. The van der Waals surface area contributed by atoms with Gasteiger partial charge in [-0.15, -0.1) is 0 Å². The van der Waals surface area contributed by atoms with E-state index in [4.69, 9.17) is 12.2 Å². The van der Waals surface area contributed by atoms with Crippen LogP contribution in [0, 0.1) is 19.8 Å². The van der Waals surface area contributed by atoms with Crippen LogP contribution in [-0.4, -0.2) is 26.1 Å². The molecular formula is C28H30N4S. The van der Waals surface area contributed by atoms with Crippen LogP contribution in [0.15, 0.2) is 72.9 Å². The van der Waals surface area contributed by atoms with Crippen LogP contribution in [0.25, 0.3) is 16.5 Å². The van der Waals surface area contributed by atoms with Crippen molar-refractivity contribution in [3.8, 4) is 5.69 Å². The Morgan fingerprint density at radius 1 is 1.00 bits per heavy atom. The minimum absolute atomic E-state index is 0.0129. The number of hydrogen-bond acceptors (Lipinski definition) is 2. The van der Waals surface area contributed by atoms with Gasteiger partial charge in [0.1, 0.15) is 0 Å². The summed E-state index contributed by atoms with van der Waals surface area (Å²) in [5.41, 5.74) is 6.00. The molecule has 168 valence electrons. The first-order chi connectivity index (χ1) is 16.0. The minimum Gasteiger partial charge on any atom is -0.352 e. The van der Waals surface area contributed by atoms with Crippen LogP contribution in [0.5, 0.6) is 0 Å². The van der Waals surface area contributed by atoms with Gasteiger partial charge in [0, 0.05) is 29.5 Å². The summed E-state index contributed by atoms with van der Waals surface area (Å²) >= 11 is 5.83. The van der Waals surface area contributed by atoms with Crippen molar-refractivity contribution in [2.24, 2.45) is 5.92 Å². The summed E-state index contributed by atoms with van der Waals surface area (Å²) in [5.74, 6) is 0.497. The highest BCUT2D eigenvalue weighted by atomic mass is 32.1. The quantitative estimate of drug-likeness (QED) is 0.360. The largest absolute Gasteiger partial charge is 0.352 e. The molecule has 2 aromatic carbocycles. The van der Waals surface area contributed by atoms with E-state index in [0.29, 0.717) is 5.92 Å². The molecule has 1 aliphatic rings. The molecule has 0 radical (unpaired) electrons. The predicted molar refractivity (Wildman–Crippen MR) is 140 cm³/mol. The molecular weight excluding hydrogens is 424 g/mol. The second-order valence-electron chi connectivity index (χ2n) is 9.33. The number of pyridine rings is 1. The van der Waals surface area contributed by atoms with Gasteiger partial charge in [-0.1, -0.05) is 56.3 Å². The summed E-state index contributed by atoms with van der Waals surface area (Å²) in [4.78, 5) is 7.04. The van der Waals surface area contributed by atoms with Crippen molar-refractivity contribution in [1.82, 2.24) is 19.8 Å². The van der Waals surface area contributed by atoms with E-state index < -0.39 is 0 Å². The standard InChI is InChI=1S/C28H30N4S/c1-18(2)17-31-27(26(30-28(31)33)24-13-7-8-15-29-24)23-16-19(3)32(20(23)4)25-14-9-11-21-10-5-6-12-22(21)25/h5-16,18,26-27H,17H2,1-4H3,(H,30,33). The van der Waals surface area contributed by atoms with Gasteiger partial charge in [-0.05, 0) is 67.2 Å². The van der Waals surface area contributed by atoms with Gasteiger partial charge in [-0.2, -0.15) is 0 Å². The van der Waals surface area contributed by atoms with Gasteiger partial charge >= 0.3 is 0 Å². The molecule has 1 saturated heterocycles. The zero-order valence-electron chi connectivity index (χ0n) is 19.6. The molecule has 3 heterocycles. The number of aryl methyl sites for hydroxylation is 1. The molecule has 4 nitrogen and oxygen atoms in total. The van der Waals surface area contributed by atoms with Gasteiger partial charge in [-0.3, -0.25) is 4.98 Å². The van der Waals surface area contributed by atoms with Gasteiger partial charge in [0.05, 0.1) is 23.5 Å². The number of hydrogen-bond donors (Lipinski definition) is 1. The van der Waals surface area contributed by atoms with Gasteiger partial charge in [0.2, 0.25) is 0 Å². The predicted octanol–water partition coefficient (Wildman–Crippen LogP) is 6.27. The topological polar surface area (TPSA) is 33.1 Å². The van der Waals surface area contributed by atoms with Crippen LogP contribution in [-0.2, 0) is 0 Å². The third-order valence-corrected chi connectivity index (χ3v) is 6.91. The average Bonchev–Trinajstić information content (AvgIpc) is 3.28. The molecule has 0 spiro atoms. The molecule has 33 heavy (non-hydrogen) atoms. The normalized spacial score (nSPS) is 18.3. The fourth-order valence-electron chi connectivity index (χ4n) is 5.20. The van der Waals surface area contributed by atoms with Crippen LogP contribution in [0.3, 0.4) is 0 Å². The maximum absolute atomic E-state index is 5.83. The van der Waals surface area contributed by atoms with Crippen molar-refractivity contribution in [3.05, 3.63) is 95.6 Å². The van der Waals surface area contributed by atoms with Gasteiger partial charge in [-0.25, -0.2) is 0 Å². The Kier molecular flexibility index (Phi) is 5.67. The van der Waals surface area contributed by atoms with E-state index in [-0.39, 0.29) is 12.1 Å². The Balaban J connectivity index is 1.67. The van der Waals surface area contributed by atoms with Crippen molar-refractivity contribution >= 4 is 28.1 Å². The monoisotopic (exact) mass is 454 g/mol. The lowest BCUT2D eigenvalue weighted by molar-refractivity contribution is 0.287. The van der Waals surface area contributed by atoms with Crippen molar-refractivity contribution in [2.45, 2.75) is 39.8 Å². The smallest absolute Gasteiger partial charge is 0.170 e. The highest BCUT2D eigenvalue weighted by Crippen LogP contribution is 2.42. The van der Waals surface area contributed by atoms with Gasteiger partial charge in [0.15, 0.2) is 5.11 Å². The van der Waals surface area contributed by atoms with Crippen LogP contribution in [0.4, 0.5) is 0 Å². The van der Waals surface area contributed by atoms with Crippen LogP contribution >= 0.6 is 12.2 Å². The van der Waals surface area contributed by atoms with Crippen molar-refractivity contribution in [2.75, 3.05) is 6.54 Å². The molecule has 1 aliphatic heterocycles. The van der Waals surface area contributed by atoms with Crippen molar-refractivity contribution < 1.29 is 0 Å². The summed E-state index contributed by atoms with van der Waals surface area (Å²) in [5, 5.41) is 6.90. The highest BCUT2D eigenvalue weighted by Gasteiger charge is 2.41. The van der Waals surface area contributed by atoms with Crippen molar-refractivity contribution in [1.29, 1.82) is 0 Å². The molecule has 4 aromatic rings. The third kappa shape index (κ3) is 3.80. The third-order valence-electron chi connectivity index (χ3n) is 6.56. The molecule has 0 bridgehead atoms. The Hall–Kier alpha value is -3.18. The fourth-order valence-corrected chi connectivity index (χ4v) is 5.51. The number of thiocarbonyl (C=S) groups is 1. The summed E-state index contributed by atoms with van der Waals surface area (Å²) in [7, 11) is 0. The second-order valence-corrected chi connectivity index (χ2v) is 9.72. The molecule has 0 amide bonds. The first-order valence-corrected chi connectivity index (χ1v) is 12.0. The van der Waals surface area contributed by atoms with Crippen molar-refractivity contribution in [3.63, 3.8) is 0 Å². The number of nitrogens with one attached hydrogen (secondary N) is 1. The lowest BCUT2D eigenvalue weighted by Gasteiger charge is -2.29. The van der Waals surface area contributed by atoms with E-state index in [1.165, 1.54) is 33.4 Å². The van der Waals surface area contributed by atoms with Crippen LogP contribution in [0.1, 0.15) is 48.6 Å². The number of aromatic nitrogens is 2. The molecule has 0 saturated carbocycles. The van der Waals surface area contributed by atoms with Gasteiger partial charge < -0.3 is 14.8 Å². The van der Waals surface area contributed by atoms with E-state index >= 15 is 0 Å². The SMILES string of the molecule is Cc1cc(C2C(c3ccccn3)NC(=S)N2CC(C)C)c(C)n1-c1cccc2ccccc12. The first kappa shape index (κ1) is 21.7. The molecule has 5 heteroatoms. The zero-order chi connectivity index (χ0) is 23.1. The summed E-state index contributed by atoms with van der Waals surface area (Å²) < 4.78 is 2.39. The maximum Gasteiger partial charge on any atom is 0.170 e. The number of fused-ring (bicyclic) bond motifs is 1. The fraction of sp³-hybridized carbons (Fsp3) is 0.286. The molecule has 0 aliphatic carbocycles. The lowest BCUT2D eigenvalue weighted by Crippen LogP contribution is -2.33. The van der Waals surface area contributed by atoms with Gasteiger partial charge in [0.25, 0.3) is 0 Å². The highest BCUT2D eigenvalue weighted by molar-refractivity contribution is 7.80. The van der Waals surface area contributed by atoms with E-state index in [1.807, 2.05) is 12.3 Å². The summed E-state index contributed by atoms with van der Waals surface area (Å²) in [6.45, 7) is 9.81. The number of benzene rings is 2. The Bertz CT molecular complexity index is 1300. The van der Waals surface area contributed by atoms with E-state index in [1.54, 1.807) is 0 Å². The summed E-state index contributed by atoms with van der Waals surface area (Å²) in [6, 6.07) is 23.7. The molecule has 2 atom stereocenters. The molecule has 2 unspecified atom stereocenters. The Morgan fingerprint density at radius 2 is 1.76 bits per heavy atom. The Morgan fingerprint density at radius 3 is 2.52 bits per heavy atom. The van der Waals surface area contributed by atoms with E-state index in [2.05, 4.69) is 108 Å². The molecule has 1 N–H and O–H groups in total. The minimum atomic E-state index is 0.0129. The zero-order valence-corrected chi connectivity index (χ0v) is 20.4. The molecule has 5 rings (SSSR count). The number of rotatable bonds is 5. The maximum atomic E-state index is 5.83. The van der Waals surface area contributed by atoms with Crippen LogP contribution in [0.2, 0.25) is 0 Å². The molecule has 1 fully saturated rings.